The highest BCUT2D eigenvalue weighted by Crippen LogP contribution is 2.29. The molecule has 4 rings (SSSR count). The molecule has 0 spiro atoms. The zero-order valence-corrected chi connectivity index (χ0v) is 12.8. The van der Waals surface area contributed by atoms with E-state index in [0.717, 1.165) is 33.1 Å². The predicted octanol–water partition coefficient (Wildman–Crippen LogP) is 4.16. The Bertz CT molecular complexity index is 914. The highest BCUT2D eigenvalue weighted by Gasteiger charge is 2.13. The molecule has 0 bridgehead atoms. The van der Waals surface area contributed by atoms with Gasteiger partial charge in [0.15, 0.2) is 5.65 Å². The number of benzene rings is 1. The van der Waals surface area contributed by atoms with Gasteiger partial charge in [-0.1, -0.05) is 11.6 Å². The van der Waals surface area contributed by atoms with Crippen molar-refractivity contribution in [2.75, 3.05) is 0 Å². The Kier molecular flexibility index (Phi) is 2.49. The van der Waals surface area contributed by atoms with Crippen molar-refractivity contribution in [3.8, 4) is 0 Å². The molecule has 0 amide bonds. The first-order valence-electron chi connectivity index (χ1n) is 6.04. The predicted molar refractivity (Wildman–Crippen MR) is 83.2 cm³/mol. The van der Waals surface area contributed by atoms with Gasteiger partial charge in [0, 0.05) is 21.5 Å². The zero-order chi connectivity index (χ0) is 13.9. The Hall–Kier alpha value is -1.72. The van der Waals surface area contributed by atoms with E-state index in [4.69, 9.17) is 11.6 Å². The van der Waals surface area contributed by atoms with Crippen LogP contribution in [0.2, 0.25) is 5.02 Å². The number of aryl methyl sites for hydroxylation is 1. The van der Waals surface area contributed by atoms with Crippen molar-refractivity contribution in [3.05, 3.63) is 45.8 Å². The Balaban J connectivity index is 2.40. The van der Waals surface area contributed by atoms with E-state index in [1.54, 1.807) is 0 Å². The maximum atomic E-state index is 6.13. The Morgan fingerprint density at radius 1 is 1.10 bits per heavy atom. The van der Waals surface area contributed by atoms with E-state index in [1.807, 2.05) is 41.8 Å². The summed E-state index contributed by atoms with van der Waals surface area (Å²) in [5.41, 5.74) is 3.58. The smallest absolute Gasteiger partial charge is 0.218 e. The van der Waals surface area contributed by atoms with Gasteiger partial charge in [-0.25, -0.2) is 9.50 Å². The summed E-state index contributed by atoms with van der Waals surface area (Å²) in [6.45, 7) is 1.97. The lowest BCUT2D eigenvalue weighted by molar-refractivity contribution is 0.987. The summed E-state index contributed by atoms with van der Waals surface area (Å²) in [4.78, 5) is 9.09. The van der Waals surface area contributed by atoms with E-state index in [2.05, 4.69) is 31.0 Å². The number of rotatable bonds is 0. The molecule has 4 aromatic rings. The van der Waals surface area contributed by atoms with Crippen LogP contribution in [0.25, 0.3) is 27.5 Å². The number of nitrogens with zero attached hydrogens (tertiary/aromatic N) is 4. The topological polar surface area (TPSA) is 43.1 Å². The van der Waals surface area contributed by atoms with Crippen molar-refractivity contribution >= 4 is 55.0 Å². The van der Waals surface area contributed by atoms with Crippen LogP contribution in [-0.2, 0) is 0 Å². The average Bonchev–Trinajstić information content (AvgIpc) is 2.80. The maximum Gasteiger partial charge on any atom is 0.218 e. The highest BCUT2D eigenvalue weighted by molar-refractivity contribution is 9.10. The highest BCUT2D eigenvalue weighted by atomic mass is 79.9. The fourth-order valence-corrected chi connectivity index (χ4v) is 2.95. The van der Waals surface area contributed by atoms with Gasteiger partial charge in [-0.3, -0.25) is 4.98 Å². The molecule has 3 heterocycles. The third-order valence-electron chi connectivity index (χ3n) is 3.30. The van der Waals surface area contributed by atoms with Gasteiger partial charge in [-0.2, -0.15) is 0 Å². The van der Waals surface area contributed by atoms with Crippen molar-refractivity contribution in [1.29, 1.82) is 0 Å². The normalized spacial score (nSPS) is 11.8. The van der Waals surface area contributed by atoms with E-state index < -0.39 is 0 Å². The molecule has 0 atom stereocenters. The molecule has 20 heavy (non-hydrogen) atoms. The molecule has 0 radical (unpaired) electrons. The van der Waals surface area contributed by atoms with Crippen molar-refractivity contribution in [2.45, 2.75) is 6.92 Å². The van der Waals surface area contributed by atoms with E-state index in [9.17, 15) is 0 Å². The van der Waals surface area contributed by atoms with Crippen LogP contribution in [-0.4, -0.2) is 19.6 Å². The zero-order valence-electron chi connectivity index (χ0n) is 10.4. The third kappa shape index (κ3) is 1.63. The van der Waals surface area contributed by atoms with Gasteiger partial charge >= 0.3 is 0 Å². The van der Waals surface area contributed by atoms with Gasteiger partial charge in [0.05, 0.1) is 11.0 Å². The molecule has 0 unspecified atom stereocenters. The van der Waals surface area contributed by atoms with Crippen LogP contribution < -0.4 is 0 Å². The quantitative estimate of drug-likeness (QED) is 0.449. The fraction of sp³-hybridized carbons (Fsp3) is 0.0714. The minimum absolute atomic E-state index is 0.557. The van der Waals surface area contributed by atoms with E-state index >= 15 is 0 Å². The second-order valence-electron chi connectivity index (χ2n) is 4.63. The van der Waals surface area contributed by atoms with Crippen LogP contribution in [0, 0.1) is 6.92 Å². The second-order valence-corrected chi connectivity index (χ2v) is 5.77. The van der Waals surface area contributed by atoms with Crippen LogP contribution in [0.4, 0.5) is 0 Å². The van der Waals surface area contributed by atoms with E-state index in [1.165, 1.54) is 0 Å². The first-order chi connectivity index (χ1) is 9.63. The second kappa shape index (κ2) is 4.14. The molecular weight excluding hydrogens is 340 g/mol. The van der Waals surface area contributed by atoms with Crippen molar-refractivity contribution < 1.29 is 0 Å². The number of hydrogen-bond acceptors (Lipinski definition) is 3. The van der Waals surface area contributed by atoms with Crippen LogP contribution in [0.15, 0.2) is 35.1 Å². The first-order valence-corrected chi connectivity index (χ1v) is 7.21. The summed E-state index contributed by atoms with van der Waals surface area (Å²) >= 11 is 9.47. The summed E-state index contributed by atoms with van der Waals surface area (Å²) in [5, 5.41) is 7.01. The molecule has 0 aliphatic rings. The van der Waals surface area contributed by atoms with Crippen LogP contribution in [0.3, 0.4) is 0 Å². The molecule has 98 valence electrons. The summed E-state index contributed by atoms with van der Waals surface area (Å²) in [7, 11) is 0. The lowest BCUT2D eigenvalue weighted by Crippen LogP contribution is -1.95. The van der Waals surface area contributed by atoms with Gasteiger partial charge < -0.3 is 0 Å². The van der Waals surface area contributed by atoms with Crippen molar-refractivity contribution in [1.82, 2.24) is 19.6 Å². The molecule has 0 aliphatic heterocycles. The number of fused-ring (bicyclic) bond motifs is 6. The first kappa shape index (κ1) is 12.1. The van der Waals surface area contributed by atoms with E-state index in [0.29, 0.717) is 9.76 Å². The van der Waals surface area contributed by atoms with Crippen LogP contribution in [0.5, 0.6) is 0 Å². The number of halogens is 2. The Morgan fingerprint density at radius 2 is 1.95 bits per heavy atom. The third-order valence-corrected chi connectivity index (χ3v) is 3.87. The van der Waals surface area contributed by atoms with Crippen molar-refractivity contribution in [2.24, 2.45) is 0 Å². The standard InChI is InChI=1S/C14H8BrClN4/c1-7-2-4-9-12(17-7)10-6-8(16)3-5-11(10)20-13(9)18-14(15)19-20/h2-6H,1H3. The van der Waals surface area contributed by atoms with Gasteiger partial charge in [0.2, 0.25) is 4.73 Å². The van der Waals surface area contributed by atoms with E-state index in [-0.39, 0.29) is 0 Å². The molecule has 6 heteroatoms. The summed E-state index contributed by atoms with van der Waals surface area (Å²) in [5.74, 6) is 0. The lowest BCUT2D eigenvalue weighted by Gasteiger charge is -2.07. The largest absolute Gasteiger partial charge is 0.252 e. The Labute approximate surface area is 127 Å². The number of aromatic nitrogens is 4. The molecule has 0 aliphatic carbocycles. The minimum atomic E-state index is 0.557. The molecule has 1 aromatic carbocycles. The van der Waals surface area contributed by atoms with Gasteiger partial charge in [-0.15, -0.1) is 5.10 Å². The van der Waals surface area contributed by atoms with Gasteiger partial charge in [0.1, 0.15) is 0 Å². The SMILES string of the molecule is Cc1ccc2c(n1)c1cc(Cl)ccc1n1nc(Br)nc21. The van der Waals surface area contributed by atoms with Crippen LogP contribution in [0.1, 0.15) is 5.69 Å². The Morgan fingerprint density at radius 3 is 2.80 bits per heavy atom. The van der Waals surface area contributed by atoms with Gasteiger partial charge in [-0.05, 0) is 53.2 Å². The number of pyridine rings is 2. The molecule has 0 N–H and O–H groups in total. The number of hydrogen-bond donors (Lipinski definition) is 0. The molecule has 0 saturated carbocycles. The summed E-state index contributed by atoms with van der Waals surface area (Å²) in [6.07, 6.45) is 0. The molecular formula is C14H8BrClN4. The van der Waals surface area contributed by atoms with Gasteiger partial charge in [0.25, 0.3) is 0 Å². The lowest BCUT2D eigenvalue weighted by atomic mass is 10.1. The molecule has 0 fully saturated rings. The van der Waals surface area contributed by atoms with Crippen LogP contribution >= 0.6 is 27.5 Å². The molecule has 3 aromatic heterocycles. The maximum absolute atomic E-state index is 6.13. The fourth-order valence-electron chi connectivity index (χ4n) is 2.45. The molecule has 0 saturated heterocycles. The average molecular weight is 348 g/mol. The summed E-state index contributed by atoms with van der Waals surface area (Å²) < 4.78 is 2.37. The monoisotopic (exact) mass is 346 g/mol. The molecule has 4 nitrogen and oxygen atoms in total. The minimum Gasteiger partial charge on any atom is -0.252 e. The van der Waals surface area contributed by atoms with Crippen molar-refractivity contribution in [3.63, 3.8) is 0 Å². The summed E-state index contributed by atoms with van der Waals surface area (Å²) in [6, 6.07) is 9.70.